The van der Waals surface area contributed by atoms with Crippen molar-refractivity contribution >= 4 is 63.7 Å². The van der Waals surface area contributed by atoms with Crippen molar-refractivity contribution in [3.05, 3.63) is 66.0 Å². The lowest BCUT2D eigenvalue weighted by Crippen LogP contribution is -1.96. The second kappa shape index (κ2) is 6.42. The highest BCUT2D eigenvalue weighted by Gasteiger charge is 2.16. The van der Waals surface area contributed by atoms with Gasteiger partial charge in [0.25, 0.3) is 0 Å². The highest BCUT2D eigenvalue weighted by Crippen LogP contribution is 2.39. The Bertz CT molecular complexity index is 600. The van der Waals surface area contributed by atoms with Gasteiger partial charge in [-0.15, -0.1) is 0 Å². The third kappa shape index (κ3) is 3.72. The Kier molecular flexibility index (Phi) is 5.32. The Morgan fingerprint density at radius 2 is 1.53 bits per heavy atom. The third-order valence-corrected chi connectivity index (χ3v) is 5.93. The predicted molar refractivity (Wildman–Crippen MR) is 96.2 cm³/mol. The molecule has 0 aliphatic rings. The summed E-state index contributed by atoms with van der Waals surface area (Å²) in [7, 11) is 0. The zero-order valence-corrected chi connectivity index (χ0v) is 16.8. The molecule has 0 saturated heterocycles. The van der Waals surface area contributed by atoms with Crippen molar-refractivity contribution in [1.29, 1.82) is 0 Å². The van der Waals surface area contributed by atoms with Crippen LogP contribution in [0.4, 0.5) is 0 Å². The minimum atomic E-state index is 0.162. The van der Waals surface area contributed by atoms with Crippen LogP contribution in [0.3, 0.4) is 0 Å². The van der Waals surface area contributed by atoms with Gasteiger partial charge in [0.15, 0.2) is 0 Å². The van der Waals surface area contributed by atoms with Crippen LogP contribution >= 0.6 is 63.7 Å². The SMILES string of the molecule is Cc1cc(Br)cc(C(Br)c2cc(Br)c(C)cc2Br)c1. The molecule has 19 heavy (non-hydrogen) atoms. The largest absolute Gasteiger partial charge is 0.0786 e. The Balaban J connectivity index is 2.49. The maximum Gasteiger partial charge on any atom is 0.0656 e. The summed E-state index contributed by atoms with van der Waals surface area (Å²) >= 11 is 14.6. The van der Waals surface area contributed by atoms with Gasteiger partial charge >= 0.3 is 0 Å². The van der Waals surface area contributed by atoms with E-state index in [-0.39, 0.29) is 4.83 Å². The topological polar surface area (TPSA) is 0 Å². The van der Waals surface area contributed by atoms with Gasteiger partial charge in [-0.1, -0.05) is 69.8 Å². The number of alkyl halides is 1. The van der Waals surface area contributed by atoms with E-state index < -0.39 is 0 Å². The van der Waals surface area contributed by atoms with Gasteiger partial charge in [-0.25, -0.2) is 0 Å². The molecule has 4 heteroatoms. The highest BCUT2D eigenvalue weighted by molar-refractivity contribution is 9.11. The van der Waals surface area contributed by atoms with Crippen LogP contribution < -0.4 is 0 Å². The molecule has 0 bridgehead atoms. The highest BCUT2D eigenvalue weighted by atomic mass is 79.9. The molecule has 0 heterocycles. The van der Waals surface area contributed by atoms with Gasteiger partial charge < -0.3 is 0 Å². The summed E-state index contributed by atoms with van der Waals surface area (Å²) in [5, 5.41) is 0. The van der Waals surface area contributed by atoms with E-state index in [4.69, 9.17) is 0 Å². The second-order valence-electron chi connectivity index (χ2n) is 4.55. The number of benzene rings is 2. The standard InChI is InChI=1S/C15H12Br4/c1-8-3-10(6-11(16)4-8)15(19)12-7-13(17)9(2)5-14(12)18/h3-7,15H,1-2H3. The Morgan fingerprint density at radius 3 is 2.16 bits per heavy atom. The monoisotopic (exact) mass is 508 g/mol. The average molecular weight is 512 g/mol. The van der Waals surface area contributed by atoms with Crippen LogP contribution in [0.5, 0.6) is 0 Å². The molecule has 0 saturated carbocycles. The molecule has 0 aliphatic heterocycles. The van der Waals surface area contributed by atoms with Gasteiger partial charge in [-0.3, -0.25) is 0 Å². The van der Waals surface area contributed by atoms with Crippen molar-refractivity contribution in [2.45, 2.75) is 18.7 Å². The number of aryl methyl sites for hydroxylation is 2. The minimum Gasteiger partial charge on any atom is -0.0786 e. The van der Waals surface area contributed by atoms with Crippen LogP contribution in [0.2, 0.25) is 0 Å². The fourth-order valence-corrected chi connectivity index (χ4v) is 4.57. The maximum atomic E-state index is 3.80. The summed E-state index contributed by atoms with van der Waals surface area (Å²) in [5.74, 6) is 0. The van der Waals surface area contributed by atoms with Crippen LogP contribution in [-0.2, 0) is 0 Å². The van der Waals surface area contributed by atoms with Crippen molar-refractivity contribution in [2.75, 3.05) is 0 Å². The lowest BCUT2D eigenvalue weighted by molar-refractivity contribution is 1.14. The molecular formula is C15H12Br4. The molecule has 0 fully saturated rings. The van der Waals surface area contributed by atoms with Crippen LogP contribution in [0.15, 0.2) is 43.7 Å². The molecule has 2 aromatic carbocycles. The smallest absolute Gasteiger partial charge is 0.0656 e. The summed E-state index contributed by atoms with van der Waals surface area (Å²) in [6.07, 6.45) is 0. The molecule has 2 aromatic rings. The predicted octanol–water partition coefficient (Wildman–Crippen LogP) is 7.08. The van der Waals surface area contributed by atoms with Crippen LogP contribution in [0.1, 0.15) is 27.1 Å². The van der Waals surface area contributed by atoms with Gasteiger partial charge in [0.1, 0.15) is 0 Å². The first-order chi connectivity index (χ1) is 8.88. The fourth-order valence-electron chi connectivity index (χ4n) is 1.95. The molecule has 0 aromatic heterocycles. The molecule has 0 nitrogen and oxygen atoms in total. The van der Waals surface area contributed by atoms with E-state index in [0.717, 1.165) is 13.4 Å². The lowest BCUT2D eigenvalue weighted by Gasteiger charge is -2.15. The molecule has 0 aliphatic carbocycles. The molecule has 2 rings (SSSR count). The minimum absolute atomic E-state index is 0.162. The fraction of sp³-hybridized carbons (Fsp3) is 0.200. The van der Waals surface area contributed by atoms with E-state index in [0.29, 0.717) is 0 Å². The molecule has 1 atom stereocenters. The first-order valence-corrected chi connectivity index (χ1v) is 9.04. The van der Waals surface area contributed by atoms with Crippen molar-refractivity contribution in [3.63, 3.8) is 0 Å². The van der Waals surface area contributed by atoms with Gasteiger partial charge in [0.2, 0.25) is 0 Å². The quantitative estimate of drug-likeness (QED) is 0.378. The number of hydrogen-bond donors (Lipinski definition) is 0. The summed E-state index contributed by atoms with van der Waals surface area (Å²) in [6, 6.07) is 10.8. The average Bonchev–Trinajstić information content (AvgIpc) is 2.31. The van der Waals surface area contributed by atoms with E-state index in [9.17, 15) is 0 Å². The lowest BCUT2D eigenvalue weighted by atomic mass is 10.0. The summed E-state index contributed by atoms with van der Waals surface area (Å²) in [4.78, 5) is 0.162. The van der Waals surface area contributed by atoms with E-state index in [2.05, 4.69) is 108 Å². The first kappa shape index (κ1) is 15.7. The number of halogens is 4. The maximum absolute atomic E-state index is 3.80. The molecule has 1 unspecified atom stereocenters. The van der Waals surface area contributed by atoms with Crippen molar-refractivity contribution < 1.29 is 0 Å². The first-order valence-electron chi connectivity index (χ1n) is 5.75. The van der Waals surface area contributed by atoms with Crippen LogP contribution in [-0.4, -0.2) is 0 Å². The van der Waals surface area contributed by atoms with E-state index in [1.807, 2.05) is 0 Å². The van der Waals surface area contributed by atoms with Crippen molar-refractivity contribution in [2.24, 2.45) is 0 Å². The van der Waals surface area contributed by atoms with E-state index in [1.165, 1.54) is 22.3 Å². The van der Waals surface area contributed by atoms with Crippen LogP contribution in [0.25, 0.3) is 0 Å². The van der Waals surface area contributed by atoms with E-state index in [1.54, 1.807) is 0 Å². The van der Waals surface area contributed by atoms with Crippen molar-refractivity contribution in [3.8, 4) is 0 Å². The van der Waals surface area contributed by atoms with Gasteiger partial charge in [-0.05, 0) is 60.4 Å². The Morgan fingerprint density at radius 1 is 0.842 bits per heavy atom. The number of hydrogen-bond acceptors (Lipinski definition) is 0. The normalized spacial score (nSPS) is 12.5. The zero-order chi connectivity index (χ0) is 14.2. The van der Waals surface area contributed by atoms with Gasteiger partial charge in [0.05, 0.1) is 4.83 Å². The Hall–Kier alpha value is 0.360. The molecule has 0 spiro atoms. The second-order valence-corrected chi connectivity index (χ2v) is 8.09. The molecule has 100 valence electrons. The molecule has 0 amide bonds. The molecule has 0 N–H and O–H groups in total. The molecular weight excluding hydrogens is 500 g/mol. The van der Waals surface area contributed by atoms with E-state index >= 15 is 0 Å². The summed E-state index contributed by atoms with van der Waals surface area (Å²) in [6.45, 7) is 4.19. The summed E-state index contributed by atoms with van der Waals surface area (Å²) < 4.78 is 3.35. The Labute approximate surface area is 147 Å². The number of rotatable bonds is 2. The zero-order valence-electron chi connectivity index (χ0n) is 10.5. The van der Waals surface area contributed by atoms with Gasteiger partial charge in [0, 0.05) is 13.4 Å². The van der Waals surface area contributed by atoms with Crippen LogP contribution in [0, 0.1) is 13.8 Å². The third-order valence-electron chi connectivity index (χ3n) is 2.91. The van der Waals surface area contributed by atoms with Crippen molar-refractivity contribution in [1.82, 2.24) is 0 Å². The summed E-state index contributed by atoms with van der Waals surface area (Å²) in [5.41, 5.74) is 4.93. The molecule has 0 radical (unpaired) electrons. The van der Waals surface area contributed by atoms with Gasteiger partial charge in [-0.2, -0.15) is 0 Å².